The summed E-state index contributed by atoms with van der Waals surface area (Å²) in [5.74, 6) is -0.278. The fraction of sp³-hybridized carbons (Fsp3) is 0.238. The van der Waals surface area contributed by atoms with Gasteiger partial charge in [-0.25, -0.2) is 0 Å². The van der Waals surface area contributed by atoms with Crippen LogP contribution in [0, 0.1) is 0 Å². The zero-order valence-corrected chi connectivity index (χ0v) is 16.5. The number of nitrogens with zero attached hydrogens (tertiary/aromatic N) is 1. The highest BCUT2D eigenvalue weighted by atomic mass is 35.5. The van der Waals surface area contributed by atoms with Gasteiger partial charge in [-0.2, -0.15) is 0 Å². The Kier molecular flexibility index (Phi) is 5.26. The first-order valence-corrected chi connectivity index (χ1v) is 9.54. The quantitative estimate of drug-likeness (QED) is 0.619. The largest absolute Gasteiger partial charge is 0.293 e. The first kappa shape index (κ1) is 18.7. The second-order valence-corrected chi connectivity index (χ2v) is 8.63. The molecule has 5 heteroatoms. The zero-order valence-electron chi connectivity index (χ0n) is 15.0. The molecule has 0 unspecified atom stereocenters. The van der Waals surface area contributed by atoms with E-state index in [0.717, 1.165) is 22.9 Å². The molecule has 0 saturated carbocycles. The Morgan fingerprint density at radius 3 is 2.31 bits per heavy atom. The molecule has 1 saturated heterocycles. The Morgan fingerprint density at radius 2 is 1.69 bits per heavy atom. The summed E-state index contributed by atoms with van der Waals surface area (Å²) in [4.78, 5) is 26.6. The van der Waals surface area contributed by atoms with Gasteiger partial charge in [-0.3, -0.25) is 14.5 Å². The number of imide groups is 1. The molecule has 0 radical (unpaired) electrons. The molecule has 1 aliphatic rings. The third-order valence-electron chi connectivity index (χ3n) is 4.23. The average Bonchev–Trinajstić information content (AvgIpc) is 2.84. The molecular weight excluding hydrogens is 366 g/mol. The summed E-state index contributed by atoms with van der Waals surface area (Å²) in [5.41, 5.74) is 2.96. The van der Waals surface area contributed by atoms with E-state index in [-0.39, 0.29) is 23.1 Å². The van der Waals surface area contributed by atoms with E-state index >= 15 is 0 Å². The van der Waals surface area contributed by atoms with Crippen molar-refractivity contribution in [2.75, 3.05) is 0 Å². The molecule has 134 valence electrons. The lowest BCUT2D eigenvalue weighted by molar-refractivity contribution is -0.123. The van der Waals surface area contributed by atoms with Gasteiger partial charge in [0.25, 0.3) is 11.1 Å². The molecule has 1 aliphatic heterocycles. The number of hydrogen-bond acceptors (Lipinski definition) is 3. The smallest absolute Gasteiger partial charge is 0.268 e. The van der Waals surface area contributed by atoms with Crippen LogP contribution >= 0.6 is 23.4 Å². The minimum Gasteiger partial charge on any atom is -0.268 e. The molecule has 0 N–H and O–H groups in total. The summed E-state index contributed by atoms with van der Waals surface area (Å²) in [6.45, 7) is 6.65. The molecule has 2 aromatic carbocycles. The van der Waals surface area contributed by atoms with E-state index in [1.165, 1.54) is 10.5 Å². The highest BCUT2D eigenvalue weighted by Crippen LogP contribution is 2.34. The van der Waals surface area contributed by atoms with Crippen molar-refractivity contribution in [3.8, 4) is 0 Å². The fourth-order valence-corrected chi connectivity index (χ4v) is 3.70. The van der Waals surface area contributed by atoms with Crippen molar-refractivity contribution in [1.82, 2.24) is 4.90 Å². The predicted molar refractivity (Wildman–Crippen MR) is 108 cm³/mol. The number of benzene rings is 2. The summed E-state index contributed by atoms with van der Waals surface area (Å²) in [6.07, 6.45) is 1.77. The van der Waals surface area contributed by atoms with Crippen LogP contribution in [0.2, 0.25) is 5.02 Å². The molecule has 0 spiro atoms. The van der Waals surface area contributed by atoms with Gasteiger partial charge in [-0.15, -0.1) is 0 Å². The van der Waals surface area contributed by atoms with Crippen LogP contribution in [0.3, 0.4) is 0 Å². The number of amides is 2. The molecule has 3 nitrogen and oxygen atoms in total. The lowest BCUT2D eigenvalue weighted by Gasteiger charge is -2.18. The van der Waals surface area contributed by atoms with Gasteiger partial charge in [0.2, 0.25) is 0 Å². The van der Waals surface area contributed by atoms with Crippen molar-refractivity contribution in [3.05, 3.63) is 75.1 Å². The van der Waals surface area contributed by atoms with Crippen LogP contribution in [-0.4, -0.2) is 16.0 Å². The number of hydrogen-bond donors (Lipinski definition) is 0. The van der Waals surface area contributed by atoms with Crippen molar-refractivity contribution in [2.24, 2.45) is 0 Å². The normalized spacial score (nSPS) is 16.6. The van der Waals surface area contributed by atoms with E-state index in [1.54, 1.807) is 12.1 Å². The van der Waals surface area contributed by atoms with Crippen molar-refractivity contribution in [2.45, 2.75) is 32.7 Å². The Balaban J connectivity index is 1.80. The summed E-state index contributed by atoms with van der Waals surface area (Å²) in [5, 5.41) is 0.279. The van der Waals surface area contributed by atoms with Crippen LogP contribution < -0.4 is 0 Å². The highest BCUT2D eigenvalue weighted by Gasteiger charge is 2.35. The lowest BCUT2D eigenvalue weighted by Crippen LogP contribution is -2.27. The number of halogens is 1. The third kappa shape index (κ3) is 4.02. The molecule has 3 rings (SSSR count). The fourth-order valence-electron chi connectivity index (χ4n) is 2.66. The molecule has 0 aliphatic carbocycles. The molecule has 2 amide bonds. The van der Waals surface area contributed by atoms with Gasteiger partial charge in [-0.1, -0.05) is 74.8 Å². The van der Waals surface area contributed by atoms with Crippen LogP contribution in [0.4, 0.5) is 4.79 Å². The van der Waals surface area contributed by atoms with Crippen molar-refractivity contribution >= 4 is 40.6 Å². The standard InChI is InChI=1S/C21H20ClNO2S/c1-21(2,3)16-10-8-14(9-11-16)12-18-19(24)23(20(25)26-18)13-15-6-4-5-7-17(15)22/h4-12H,13H2,1-3H3/b18-12-. The van der Waals surface area contributed by atoms with Gasteiger partial charge in [0.1, 0.15) is 0 Å². The number of thioether (sulfide) groups is 1. The summed E-state index contributed by atoms with van der Waals surface area (Å²) in [6, 6.07) is 15.3. The maximum Gasteiger partial charge on any atom is 0.293 e. The summed E-state index contributed by atoms with van der Waals surface area (Å²) < 4.78 is 0. The van der Waals surface area contributed by atoms with Crippen LogP contribution in [0.25, 0.3) is 6.08 Å². The second kappa shape index (κ2) is 7.29. The topological polar surface area (TPSA) is 37.4 Å². The Hall–Kier alpha value is -2.04. The molecule has 26 heavy (non-hydrogen) atoms. The number of rotatable bonds is 3. The summed E-state index contributed by atoms with van der Waals surface area (Å²) >= 11 is 7.11. The van der Waals surface area contributed by atoms with Gasteiger partial charge in [-0.05, 0) is 46.0 Å². The molecule has 0 atom stereocenters. The van der Waals surface area contributed by atoms with Crippen LogP contribution in [-0.2, 0) is 16.8 Å². The monoisotopic (exact) mass is 385 g/mol. The van der Waals surface area contributed by atoms with E-state index in [0.29, 0.717) is 9.93 Å². The Morgan fingerprint density at radius 1 is 1.04 bits per heavy atom. The molecule has 0 bridgehead atoms. The second-order valence-electron chi connectivity index (χ2n) is 7.23. The van der Waals surface area contributed by atoms with Crippen molar-refractivity contribution < 1.29 is 9.59 Å². The maximum atomic E-state index is 12.6. The minimum absolute atomic E-state index is 0.0747. The van der Waals surface area contributed by atoms with Gasteiger partial charge in [0.15, 0.2) is 0 Å². The van der Waals surface area contributed by atoms with Gasteiger partial charge in [0.05, 0.1) is 11.4 Å². The molecule has 1 heterocycles. The lowest BCUT2D eigenvalue weighted by atomic mass is 9.87. The summed E-state index contributed by atoms with van der Waals surface area (Å²) in [7, 11) is 0. The maximum absolute atomic E-state index is 12.6. The van der Waals surface area contributed by atoms with E-state index in [1.807, 2.05) is 30.3 Å². The van der Waals surface area contributed by atoms with Crippen molar-refractivity contribution in [3.63, 3.8) is 0 Å². The number of carbonyl (C=O) groups excluding carboxylic acids is 2. The first-order chi connectivity index (χ1) is 12.3. The predicted octanol–water partition coefficient (Wildman–Crippen LogP) is 5.87. The van der Waals surface area contributed by atoms with Gasteiger partial charge < -0.3 is 0 Å². The van der Waals surface area contributed by atoms with E-state index in [2.05, 4.69) is 32.9 Å². The Labute approximate surface area is 163 Å². The molecule has 2 aromatic rings. The number of carbonyl (C=O) groups is 2. The zero-order chi connectivity index (χ0) is 18.9. The van der Waals surface area contributed by atoms with Gasteiger partial charge >= 0.3 is 0 Å². The van der Waals surface area contributed by atoms with Crippen molar-refractivity contribution in [1.29, 1.82) is 0 Å². The van der Waals surface area contributed by atoms with Crippen LogP contribution in [0.5, 0.6) is 0 Å². The van der Waals surface area contributed by atoms with Gasteiger partial charge in [0, 0.05) is 5.02 Å². The molecule has 1 fully saturated rings. The van der Waals surface area contributed by atoms with E-state index < -0.39 is 0 Å². The van der Waals surface area contributed by atoms with E-state index in [9.17, 15) is 9.59 Å². The highest BCUT2D eigenvalue weighted by molar-refractivity contribution is 8.18. The van der Waals surface area contributed by atoms with E-state index in [4.69, 9.17) is 11.6 Å². The third-order valence-corrected chi connectivity index (χ3v) is 5.51. The first-order valence-electron chi connectivity index (χ1n) is 8.35. The SMILES string of the molecule is CC(C)(C)c1ccc(/C=C2\SC(=O)N(Cc3ccccc3Cl)C2=O)cc1. The Bertz CT molecular complexity index is 882. The molecule has 0 aromatic heterocycles. The average molecular weight is 386 g/mol. The minimum atomic E-state index is -0.278. The molecular formula is C21H20ClNO2S. The van der Waals surface area contributed by atoms with Crippen LogP contribution in [0.1, 0.15) is 37.5 Å². The van der Waals surface area contributed by atoms with Crippen LogP contribution in [0.15, 0.2) is 53.4 Å².